The van der Waals surface area contributed by atoms with Crippen LogP contribution in [0.2, 0.25) is 0 Å². The van der Waals surface area contributed by atoms with Crippen LogP contribution in [0.3, 0.4) is 0 Å². The highest BCUT2D eigenvalue weighted by molar-refractivity contribution is 6.13. The minimum Gasteiger partial charge on any atom is -0.480 e. The van der Waals surface area contributed by atoms with E-state index in [9.17, 15) is 24.3 Å². The number of nitrogens with zero attached hydrogens (tertiary/aromatic N) is 2. The first-order valence-corrected chi connectivity index (χ1v) is 14.3. The summed E-state index contributed by atoms with van der Waals surface area (Å²) in [5.41, 5.74) is 2.46. The van der Waals surface area contributed by atoms with Gasteiger partial charge in [0, 0.05) is 42.3 Å². The number of aliphatic carboxylic acids is 1. The first-order valence-electron chi connectivity index (χ1n) is 14.3. The number of rotatable bonds is 13. The first kappa shape index (κ1) is 34.4. The van der Waals surface area contributed by atoms with Crippen molar-refractivity contribution in [2.24, 2.45) is 5.92 Å². The van der Waals surface area contributed by atoms with Crippen LogP contribution in [-0.4, -0.2) is 79.6 Å². The molecule has 14 heteroatoms. The molecule has 0 saturated carbocycles. The number of para-hydroxylation sites is 1. The standard InChI is InChI=1S/C31H34N6O5.BH3O2/c1-19(2)14-26(31(41)42)37-28(38)24(15-20-8-4-3-5-9-20)35-29(39)25(36-30(40)27-18-32-12-13-33-27)16-21-17-34-23-11-7-6-10-22(21)23;2-1-3/h3-13,17-19,24-26,34H,14-16H2,1-2H3,(H,35,39)(H,36,40)(H,37,38)(H,41,42);1-3H/t24-,25-,26-;/m0./s1. The predicted molar refractivity (Wildman–Crippen MR) is 168 cm³/mol. The number of fused-ring (bicyclic) bond motifs is 1. The summed E-state index contributed by atoms with van der Waals surface area (Å²) < 4.78 is 0. The summed E-state index contributed by atoms with van der Waals surface area (Å²) >= 11 is 0. The lowest BCUT2D eigenvalue weighted by atomic mass is 10.0. The number of hydrogen-bond acceptors (Lipinski definition) is 8. The van der Waals surface area contributed by atoms with Gasteiger partial charge in [-0.05, 0) is 29.5 Å². The van der Waals surface area contributed by atoms with E-state index in [2.05, 4.69) is 30.9 Å². The lowest BCUT2D eigenvalue weighted by molar-refractivity contribution is -0.142. The zero-order chi connectivity index (χ0) is 32.8. The number of carbonyl (C=O) groups is 4. The maximum Gasteiger partial charge on any atom is 0.432 e. The second kappa shape index (κ2) is 17.3. The van der Waals surface area contributed by atoms with Crippen molar-refractivity contribution in [3.8, 4) is 0 Å². The van der Waals surface area contributed by atoms with Gasteiger partial charge in [-0.2, -0.15) is 0 Å². The summed E-state index contributed by atoms with van der Waals surface area (Å²) in [7, 11) is -0.750. The highest BCUT2D eigenvalue weighted by atomic mass is 16.4. The quantitative estimate of drug-likeness (QED) is 0.106. The lowest BCUT2D eigenvalue weighted by Gasteiger charge is -2.25. The van der Waals surface area contributed by atoms with Gasteiger partial charge in [-0.15, -0.1) is 0 Å². The van der Waals surface area contributed by atoms with Gasteiger partial charge in [0.1, 0.15) is 23.8 Å². The summed E-state index contributed by atoms with van der Waals surface area (Å²) in [6.07, 6.45) is 6.34. The molecule has 236 valence electrons. The molecule has 4 rings (SSSR count). The Kier molecular flexibility index (Phi) is 13.2. The van der Waals surface area contributed by atoms with Crippen molar-refractivity contribution in [2.75, 3.05) is 0 Å². The molecule has 7 N–H and O–H groups in total. The zero-order valence-electron chi connectivity index (χ0n) is 25.0. The molecule has 0 aliphatic heterocycles. The van der Waals surface area contributed by atoms with E-state index in [-0.39, 0.29) is 30.9 Å². The number of aromatic nitrogens is 3. The molecule has 0 aliphatic carbocycles. The molecule has 13 nitrogen and oxygen atoms in total. The van der Waals surface area contributed by atoms with Crippen LogP contribution in [0.25, 0.3) is 10.9 Å². The smallest absolute Gasteiger partial charge is 0.432 e. The largest absolute Gasteiger partial charge is 0.480 e. The van der Waals surface area contributed by atoms with Gasteiger partial charge < -0.3 is 36.1 Å². The monoisotopic (exact) mass is 616 g/mol. The zero-order valence-corrected chi connectivity index (χ0v) is 25.0. The molecule has 0 unspecified atom stereocenters. The number of aromatic amines is 1. The molecule has 0 radical (unpaired) electrons. The van der Waals surface area contributed by atoms with E-state index < -0.39 is 49.5 Å². The molecule has 45 heavy (non-hydrogen) atoms. The molecule has 0 saturated heterocycles. The molecule has 3 amide bonds. The van der Waals surface area contributed by atoms with Crippen molar-refractivity contribution in [3.63, 3.8) is 0 Å². The van der Waals surface area contributed by atoms with Gasteiger partial charge in [-0.3, -0.25) is 19.4 Å². The Hall–Kier alpha value is -5.08. The number of carboxylic acids is 1. The molecule has 3 atom stereocenters. The maximum absolute atomic E-state index is 13.8. The molecule has 2 heterocycles. The molecule has 0 aliphatic rings. The SMILES string of the molecule is CC(C)C[C@H](NC(=O)[C@H](Cc1ccccc1)NC(=O)[C@H](Cc1c[nH]c2ccccc12)NC(=O)c1cnccn1)C(=O)O.OBO. The Morgan fingerprint density at radius 1 is 0.844 bits per heavy atom. The molecular formula is C31H37BN6O7. The molecule has 0 fully saturated rings. The number of benzene rings is 2. The lowest BCUT2D eigenvalue weighted by Crippen LogP contribution is -2.57. The van der Waals surface area contributed by atoms with Gasteiger partial charge in [-0.1, -0.05) is 62.4 Å². The van der Waals surface area contributed by atoms with Crippen molar-refractivity contribution >= 4 is 42.3 Å². The number of hydrogen-bond donors (Lipinski definition) is 7. The number of carboxylic acid groups (broad SMARTS) is 1. The second-order valence-corrected chi connectivity index (χ2v) is 10.6. The Morgan fingerprint density at radius 3 is 2.09 bits per heavy atom. The van der Waals surface area contributed by atoms with E-state index in [1.165, 1.54) is 18.6 Å². The Balaban J connectivity index is 0.00000177. The fourth-order valence-corrected chi connectivity index (χ4v) is 4.67. The van der Waals surface area contributed by atoms with Crippen molar-refractivity contribution in [3.05, 3.63) is 96.2 Å². The summed E-state index contributed by atoms with van der Waals surface area (Å²) in [6, 6.07) is 13.4. The van der Waals surface area contributed by atoms with Gasteiger partial charge >= 0.3 is 13.7 Å². The van der Waals surface area contributed by atoms with Crippen LogP contribution < -0.4 is 16.0 Å². The van der Waals surface area contributed by atoms with Crippen molar-refractivity contribution in [1.82, 2.24) is 30.9 Å². The summed E-state index contributed by atoms with van der Waals surface area (Å²) in [5.74, 6) is -2.98. The molecular weight excluding hydrogens is 579 g/mol. The minimum absolute atomic E-state index is 0.0189. The van der Waals surface area contributed by atoms with E-state index in [1.807, 2.05) is 68.4 Å². The van der Waals surface area contributed by atoms with Crippen molar-refractivity contribution in [2.45, 2.75) is 51.2 Å². The number of amides is 3. The van der Waals surface area contributed by atoms with E-state index in [4.69, 9.17) is 10.0 Å². The Morgan fingerprint density at radius 2 is 1.47 bits per heavy atom. The molecule has 2 aromatic carbocycles. The van der Waals surface area contributed by atoms with E-state index in [1.54, 1.807) is 6.20 Å². The molecule has 4 aromatic rings. The second-order valence-electron chi connectivity index (χ2n) is 10.6. The number of nitrogens with one attached hydrogen (secondary N) is 4. The van der Waals surface area contributed by atoms with Crippen molar-refractivity contribution < 1.29 is 34.3 Å². The number of carbonyl (C=O) groups excluding carboxylic acids is 3. The number of H-pyrrole nitrogens is 1. The van der Waals surface area contributed by atoms with Crippen LogP contribution >= 0.6 is 0 Å². The molecule has 0 bridgehead atoms. The fourth-order valence-electron chi connectivity index (χ4n) is 4.67. The predicted octanol–water partition coefficient (Wildman–Crippen LogP) is 0.880. The van der Waals surface area contributed by atoms with Crippen molar-refractivity contribution in [1.29, 1.82) is 0 Å². The van der Waals surface area contributed by atoms with E-state index in [0.717, 1.165) is 22.0 Å². The van der Waals surface area contributed by atoms with Crippen LogP contribution in [-0.2, 0) is 27.2 Å². The van der Waals surface area contributed by atoms with Gasteiger partial charge in [0.25, 0.3) is 5.91 Å². The van der Waals surface area contributed by atoms with Gasteiger partial charge in [0.05, 0.1) is 6.20 Å². The highest BCUT2D eigenvalue weighted by Gasteiger charge is 2.31. The van der Waals surface area contributed by atoms with Crippen LogP contribution in [0.4, 0.5) is 0 Å². The average molecular weight is 616 g/mol. The summed E-state index contributed by atoms with van der Waals surface area (Å²) in [6.45, 7) is 3.72. The summed E-state index contributed by atoms with van der Waals surface area (Å²) in [4.78, 5) is 63.3. The topological polar surface area (TPSA) is 207 Å². The van der Waals surface area contributed by atoms with Gasteiger partial charge in [0.15, 0.2) is 0 Å². The average Bonchev–Trinajstić information content (AvgIpc) is 3.43. The normalized spacial score (nSPS) is 12.6. The van der Waals surface area contributed by atoms with Crippen LogP contribution in [0.1, 0.15) is 41.9 Å². The van der Waals surface area contributed by atoms with Crippen LogP contribution in [0.15, 0.2) is 79.4 Å². The minimum atomic E-state index is -1.16. The highest BCUT2D eigenvalue weighted by Crippen LogP contribution is 2.19. The molecule has 0 spiro atoms. The summed E-state index contributed by atoms with van der Waals surface area (Å²) in [5, 5.41) is 32.9. The molecule has 2 aromatic heterocycles. The van der Waals surface area contributed by atoms with Crippen LogP contribution in [0.5, 0.6) is 0 Å². The van der Waals surface area contributed by atoms with E-state index in [0.29, 0.717) is 0 Å². The fraction of sp³-hybridized carbons (Fsp3) is 0.290. The third kappa shape index (κ3) is 10.6. The van der Waals surface area contributed by atoms with E-state index >= 15 is 0 Å². The van der Waals surface area contributed by atoms with Gasteiger partial charge in [0.2, 0.25) is 11.8 Å². The Labute approximate surface area is 260 Å². The van der Waals surface area contributed by atoms with Crippen LogP contribution in [0, 0.1) is 5.92 Å². The maximum atomic E-state index is 13.8. The first-order chi connectivity index (χ1) is 21.6. The third-order valence-electron chi connectivity index (χ3n) is 6.75. The Bertz CT molecular complexity index is 1550. The third-order valence-corrected chi connectivity index (χ3v) is 6.75. The van der Waals surface area contributed by atoms with Gasteiger partial charge in [-0.25, -0.2) is 9.78 Å².